The Bertz CT molecular complexity index is 201. The molecular weight excluding hydrogens is 166 g/mol. The minimum absolute atomic E-state index is 0.251. The van der Waals surface area contributed by atoms with Crippen LogP contribution in [0.2, 0.25) is 0 Å². The average molecular weight is 183 g/mol. The van der Waals surface area contributed by atoms with Gasteiger partial charge in [-0.05, 0) is 38.1 Å². The lowest BCUT2D eigenvalue weighted by molar-refractivity contribution is -0.138. The maximum atomic E-state index is 10.6. The fraction of sp³-hybridized carbons (Fsp3) is 0.900. The zero-order chi connectivity index (χ0) is 9.26. The molecule has 0 spiro atoms. The third-order valence-electron chi connectivity index (χ3n) is 3.45. The summed E-state index contributed by atoms with van der Waals surface area (Å²) < 4.78 is 0. The molecule has 1 atom stereocenters. The number of carbonyl (C=O) groups is 1. The number of hydrogen-bond donors (Lipinski definition) is 1. The molecule has 3 heteroatoms. The molecule has 0 amide bonds. The second kappa shape index (κ2) is 3.66. The molecule has 1 unspecified atom stereocenters. The molecule has 0 aromatic heterocycles. The van der Waals surface area contributed by atoms with Crippen molar-refractivity contribution in [3.05, 3.63) is 0 Å². The SMILES string of the molecule is O=C(O)CN1CCCC1C1CCC1. The van der Waals surface area contributed by atoms with Crippen molar-refractivity contribution < 1.29 is 9.90 Å². The Morgan fingerprint density at radius 1 is 1.31 bits per heavy atom. The van der Waals surface area contributed by atoms with Gasteiger partial charge in [-0.25, -0.2) is 0 Å². The summed E-state index contributed by atoms with van der Waals surface area (Å²) in [4.78, 5) is 12.7. The number of carboxylic acids is 1. The second-order valence-corrected chi connectivity index (χ2v) is 4.26. The first-order valence-corrected chi connectivity index (χ1v) is 5.23. The van der Waals surface area contributed by atoms with Gasteiger partial charge in [-0.3, -0.25) is 9.69 Å². The summed E-state index contributed by atoms with van der Waals surface area (Å²) in [5.41, 5.74) is 0. The van der Waals surface area contributed by atoms with Crippen LogP contribution < -0.4 is 0 Å². The Hall–Kier alpha value is -0.570. The lowest BCUT2D eigenvalue weighted by Crippen LogP contribution is -2.41. The predicted octanol–water partition coefficient (Wildman–Crippen LogP) is 1.34. The van der Waals surface area contributed by atoms with E-state index in [-0.39, 0.29) is 6.54 Å². The van der Waals surface area contributed by atoms with E-state index in [1.165, 1.54) is 32.1 Å². The monoisotopic (exact) mass is 183 g/mol. The van der Waals surface area contributed by atoms with Crippen LogP contribution in [0.3, 0.4) is 0 Å². The van der Waals surface area contributed by atoms with Crippen molar-refractivity contribution in [1.29, 1.82) is 0 Å². The molecule has 1 heterocycles. The van der Waals surface area contributed by atoms with E-state index in [2.05, 4.69) is 4.90 Å². The van der Waals surface area contributed by atoms with E-state index in [4.69, 9.17) is 5.11 Å². The van der Waals surface area contributed by atoms with E-state index in [1.54, 1.807) is 0 Å². The molecule has 74 valence electrons. The fourth-order valence-electron chi connectivity index (χ4n) is 2.58. The standard InChI is InChI=1S/C10H17NO2/c12-10(13)7-11-6-2-5-9(11)8-3-1-4-8/h8-9H,1-7H2,(H,12,13). The van der Waals surface area contributed by atoms with E-state index >= 15 is 0 Å². The number of hydrogen-bond acceptors (Lipinski definition) is 2. The van der Waals surface area contributed by atoms with Crippen LogP contribution >= 0.6 is 0 Å². The summed E-state index contributed by atoms with van der Waals surface area (Å²) in [6.07, 6.45) is 6.40. The number of nitrogens with zero attached hydrogens (tertiary/aromatic N) is 1. The summed E-state index contributed by atoms with van der Waals surface area (Å²) in [6, 6.07) is 0.588. The van der Waals surface area contributed by atoms with Gasteiger partial charge in [0.05, 0.1) is 6.54 Å². The minimum Gasteiger partial charge on any atom is -0.480 e. The second-order valence-electron chi connectivity index (χ2n) is 4.26. The molecule has 0 radical (unpaired) electrons. The summed E-state index contributed by atoms with van der Waals surface area (Å²) in [6.45, 7) is 1.24. The third-order valence-corrected chi connectivity index (χ3v) is 3.45. The number of rotatable bonds is 3. The molecule has 1 saturated carbocycles. The molecule has 2 rings (SSSR count). The topological polar surface area (TPSA) is 40.5 Å². The lowest BCUT2D eigenvalue weighted by atomic mass is 9.79. The van der Waals surface area contributed by atoms with Crippen molar-refractivity contribution in [2.24, 2.45) is 5.92 Å². The molecule has 1 saturated heterocycles. The smallest absolute Gasteiger partial charge is 0.317 e. The first-order chi connectivity index (χ1) is 6.27. The van der Waals surface area contributed by atoms with Crippen LogP contribution in [-0.4, -0.2) is 35.1 Å². The number of aliphatic carboxylic acids is 1. The average Bonchev–Trinajstić information content (AvgIpc) is 2.32. The van der Waals surface area contributed by atoms with Gasteiger partial charge in [0.25, 0.3) is 0 Å². The van der Waals surface area contributed by atoms with E-state index < -0.39 is 5.97 Å². The summed E-state index contributed by atoms with van der Waals surface area (Å²) in [7, 11) is 0. The highest BCUT2D eigenvalue weighted by atomic mass is 16.4. The van der Waals surface area contributed by atoms with Crippen molar-refractivity contribution >= 4 is 5.97 Å². The third kappa shape index (κ3) is 1.85. The van der Waals surface area contributed by atoms with Gasteiger partial charge < -0.3 is 5.11 Å². The summed E-state index contributed by atoms with van der Waals surface area (Å²) in [5, 5.41) is 8.72. The quantitative estimate of drug-likeness (QED) is 0.717. The van der Waals surface area contributed by atoms with Crippen molar-refractivity contribution in [3.8, 4) is 0 Å². The Kier molecular flexibility index (Phi) is 2.54. The van der Waals surface area contributed by atoms with Gasteiger partial charge in [-0.15, -0.1) is 0 Å². The zero-order valence-electron chi connectivity index (χ0n) is 7.91. The van der Waals surface area contributed by atoms with Gasteiger partial charge in [-0.1, -0.05) is 6.42 Å². The van der Waals surface area contributed by atoms with Crippen LogP contribution in [0.15, 0.2) is 0 Å². The highest BCUT2D eigenvalue weighted by Gasteiger charge is 2.35. The molecule has 1 N–H and O–H groups in total. The van der Waals surface area contributed by atoms with Crippen LogP contribution in [0.4, 0.5) is 0 Å². The van der Waals surface area contributed by atoms with E-state index in [1.807, 2.05) is 0 Å². The molecule has 13 heavy (non-hydrogen) atoms. The van der Waals surface area contributed by atoms with Crippen molar-refractivity contribution in [1.82, 2.24) is 4.90 Å². The molecule has 0 bridgehead atoms. The molecule has 1 aliphatic carbocycles. The summed E-state index contributed by atoms with van der Waals surface area (Å²) in [5.74, 6) is 0.132. The Morgan fingerprint density at radius 3 is 2.62 bits per heavy atom. The fourth-order valence-corrected chi connectivity index (χ4v) is 2.58. The van der Waals surface area contributed by atoms with Crippen LogP contribution in [0, 0.1) is 5.92 Å². The lowest BCUT2D eigenvalue weighted by Gasteiger charge is -2.36. The highest BCUT2D eigenvalue weighted by molar-refractivity contribution is 5.69. The van der Waals surface area contributed by atoms with Gasteiger partial charge in [0, 0.05) is 6.04 Å². The van der Waals surface area contributed by atoms with E-state index in [0.717, 1.165) is 12.5 Å². The Labute approximate surface area is 78.7 Å². The molecule has 1 aliphatic heterocycles. The predicted molar refractivity (Wildman–Crippen MR) is 49.6 cm³/mol. The molecule has 3 nitrogen and oxygen atoms in total. The highest BCUT2D eigenvalue weighted by Crippen LogP contribution is 2.36. The van der Waals surface area contributed by atoms with Gasteiger partial charge in [0.15, 0.2) is 0 Å². The molecular formula is C10H17NO2. The van der Waals surface area contributed by atoms with Gasteiger partial charge >= 0.3 is 5.97 Å². The Morgan fingerprint density at radius 2 is 2.08 bits per heavy atom. The molecule has 2 aliphatic rings. The van der Waals surface area contributed by atoms with Crippen molar-refractivity contribution in [3.63, 3.8) is 0 Å². The maximum Gasteiger partial charge on any atom is 0.317 e. The largest absolute Gasteiger partial charge is 0.480 e. The zero-order valence-corrected chi connectivity index (χ0v) is 7.91. The van der Waals surface area contributed by atoms with Crippen LogP contribution in [0.1, 0.15) is 32.1 Å². The van der Waals surface area contributed by atoms with Gasteiger partial charge in [0.2, 0.25) is 0 Å². The van der Waals surface area contributed by atoms with E-state index in [0.29, 0.717) is 6.04 Å². The van der Waals surface area contributed by atoms with E-state index in [9.17, 15) is 4.79 Å². The van der Waals surface area contributed by atoms with Gasteiger partial charge in [0.1, 0.15) is 0 Å². The van der Waals surface area contributed by atoms with Crippen LogP contribution in [0.25, 0.3) is 0 Å². The number of carboxylic acid groups (broad SMARTS) is 1. The maximum absolute atomic E-state index is 10.6. The van der Waals surface area contributed by atoms with Gasteiger partial charge in [-0.2, -0.15) is 0 Å². The Balaban J connectivity index is 1.89. The van der Waals surface area contributed by atoms with Crippen LogP contribution in [-0.2, 0) is 4.79 Å². The normalized spacial score (nSPS) is 30.3. The van der Waals surface area contributed by atoms with Crippen LogP contribution in [0.5, 0.6) is 0 Å². The van der Waals surface area contributed by atoms with Crippen molar-refractivity contribution in [2.45, 2.75) is 38.1 Å². The molecule has 2 fully saturated rings. The minimum atomic E-state index is -0.675. The molecule has 0 aromatic rings. The summed E-state index contributed by atoms with van der Waals surface area (Å²) >= 11 is 0. The number of likely N-dealkylation sites (tertiary alicyclic amines) is 1. The van der Waals surface area contributed by atoms with Crippen molar-refractivity contribution in [2.75, 3.05) is 13.1 Å². The molecule has 0 aromatic carbocycles. The first-order valence-electron chi connectivity index (χ1n) is 5.23. The first kappa shape index (κ1) is 9.00.